The van der Waals surface area contributed by atoms with Crippen LogP contribution in [0.25, 0.3) is 16.6 Å². The van der Waals surface area contributed by atoms with Crippen molar-refractivity contribution < 1.29 is 9.15 Å². The van der Waals surface area contributed by atoms with Gasteiger partial charge in [0, 0.05) is 5.92 Å². The topological polar surface area (TPSA) is 82.5 Å². The SMILES string of the molecule is C[C@H]1c2c(c3ccccc3oc2=O)Oc2ncn3ncnc3c21. The second kappa shape index (κ2) is 4.16. The number of benzene rings is 1. The molecule has 4 aromatic rings. The Kier molecular flexibility index (Phi) is 2.23. The van der Waals surface area contributed by atoms with Crippen LogP contribution in [0.1, 0.15) is 24.0 Å². The molecule has 3 aromatic heterocycles. The lowest BCUT2D eigenvalue weighted by molar-refractivity contribution is 0.419. The summed E-state index contributed by atoms with van der Waals surface area (Å²) >= 11 is 0. The maximum Gasteiger partial charge on any atom is 0.343 e. The van der Waals surface area contributed by atoms with E-state index < -0.39 is 5.63 Å². The summed E-state index contributed by atoms with van der Waals surface area (Å²) in [7, 11) is 0. The molecule has 0 aliphatic carbocycles. The van der Waals surface area contributed by atoms with E-state index in [-0.39, 0.29) is 5.92 Å². The minimum atomic E-state index is -0.404. The Bertz CT molecular complexity index is 1150. The van der Waals surface area contributed by atoms with Gasteiger partial charge in [-0.05, 0) is 12.1 Å². The molecule has 0 amide bonds. The molecular formula is C16H10N4O3. The lowest BCUT2D eigenvalue weighted by Gasteiger charge is -2.24. The van der Waals surface area contributed by atoms with Crippen LogP contribution >= 0.6 is 0 Å². The second-order valence-corrected chi connectivity index (χ2v) is 5.44. The van der Waals surface area contributed by atoms with Gasteiger partial charge < -0.3 is 9.15 Å². The molecule has 0 fully saturated rings. The van der Waals surface area contributed by atoms with Crippen molar-refractivity contribution in [2.24, 2.45) is 0 Å². The molecule has 4 heterocycles. The Morgan fingerprint density at radius 3 is 2.96 bits per heavy atom. The highest BCUT2D eigenvalue weighted by Crippen LogP contribution is 2.45. The molecule has 0 bridgehead atoms. The van der Waals surface area contributed by atoms with E-state index in [2.05, 4.69) is 15.1 Å². The van der Waals surface area contributed by atoms with Crippen molar-refractivity contribution >= 4 is 16.6 Å². The van der Waals surface area contributed by atoms with Crippen molar-refractivity contribution in [2.45, 2.75) is 12.8 Å². The van der Waals surface area contributed by atoms with Gasteiger partial charge in [-0.25, -0.2) is 19.3 Å². The molecule has 5 rings (SSSR count). The Morgan fingerprint density at radius 2 is 2.04 bits per heavy atom. The van der Waals surface area contributed by atoms with Gasteiger partial charge in [-0.1, -0.05) is 19.1 Å². The summed E-state index contributed by atoms with van der Waals surface area (Å²) in [5.41, 5.74) is 1.93. The molecule has 23 heavy (non-hydrogen) atoms. The van der Waals surface area contributed by atoms with Gasteiger partial charge in [0.05, 0.1) is 16.5 Å². The fourth-order valence-corrected chi connectivity index (χ4v) is 3.12. The van der Waals surface area contributed by atoms with E-state index in [4.69, 9.17) is 9.15 Å². The zero-order valence-electron chi connectivity index (χ0n) is 12.1. The van der Waals surface area contributed by atoms with E-state index in [9.17, 15) is 4.79 Å². The van der Waals surface area contributed by atoms with E-state index in [1.54, 1.807) is 16.9 Å². The summed E-state index contributed by atoms with van der Waals surface area (Å²) in [4.78, 5) is 21.0. The van der Waals surface area contributed by atoms with E-state index in [1.807, 2.05) is 25.1 Å². The molecular weight excluding hydrogens is 296 g/mol. The second-order valence-electron chi connectivity index (χ2n) is 5.44. The Hall–Kier alpha value is -3.22. The minimum absolute atomic E-state index is 0.255. The third-order valence-electron chi connectivity index (χ3n) is 4.19. The van der Waals surface area contributed by atoms with Gasteiger partial charge in [-0.2, -0.15) is 5.10 Å². The first kappa shape index (κ1) is 12.3. The summed E-state index contributed by atoms with van der Waals surface area (Å²) in [5, 5.41) is 4.83. The lowest BCUT2D eigenvalue weighted by Crippen LogP contribution is -2.19. The summed E-state index contributed by atoms with van der Waals surface area (Å²) < 4.78 is 13.0. The zero-order valence-corrected chi connectivity index (χ0v) is 12.1. The standard InChI is InChI=1S/C16H10N4O3/c1-8-11-13(9-4-2-3-5-10(9)22-16(11)21)23-15-12(8)14-17-6-19-20(14)7-18-15/h2-8H,1H3/t8-/m0/s1. The van der Waals surface area contributed by atoms with E-state index in [0.29, 0.717) is 28.4 Å². The first-order valence-corrected chi connectivity index (χ1v) is 7.16. The van der Waals surface area contributed by atoms with Crippen molar-refractivity contribution in [1.29, 1.82) is 0 Å². The normalized spacial score (nSPS) is 16.1. The number of rotatable bonds is 0. The number of hydrogen-bond acceptors (Lipinski definition) is 6. The molecule has 0 saturated carbocycles. The number of para-hydroxylation sites is 1. The first-order valence-electron chi connectivity index (χ1n) is 7.16. The average Bonchev–Trinajstić information content (AvgIpc) is 3.03. The fourth-order valence-electron chi connectivity index (χ4n) is 3.12. The van der Waals surface area contributed by atoms with Crippen molar-refractivity contribution in [3.8, 4) is 11.6 Å². The molecule has 112 valence electrons. The van der Waals surface area contributed by atoms with Crippen LogP contribution in [-0.2, 0) is 0 Å². The maximum atomic E-state index is 12.5. The van der Waals surface area contributed by atoms with Crippen LogP contribution in [0.3, 0.4) is 0 Å². The molecule has 0 radical (unpaired) electrons. The quantitative estimate of drug-likeness (QED) is 0.464. The van der Waals surface area contributed by atoms with Gasteiger partial charge in [0.25, 0.3) is 0 Å². The highest BCUT2D eigenvalue weighted by Gasteiger charge is 2.33. The third-order valence-corrected chi connectivity index (χ3v) is 4.19. The molecule has 0 N–H and O–H groups in total. The largest absolute Gasteiger partial charge is 0.437 e. The van der Waals surface area contributed by atoms with Gasteiger partial charge in [-0.3, -0.25) is 0 Å². The predicted molar refractivity (Wildman–Crippen MR) is 80.9 cm³/mol. The Balaban J connectivity index is 1.89. The van der Waals surface area contributed by atoms with Crippen LogP contribution in [0, 0.1) is 0 Å². The van der Waals surface area contributed by atoms with Crippen LogP contribution in [-0.4, -0.2) is 19.6 Å². The molecule has 1 aliphatic heterocycles. The zero-order chi connectivity index (χ0) is 15.6. The van der Waals surface area contributed by atoms with E-state index in [1.165, 1.54) is 6.33 Å². The highest BCUT2D eigenvalue weighted by atomic mass is 16.5. The lowest BCUT2D eigenvalue weighted by atomic mass is 9.92. The van der Waals surface area contributed by atoms with Gasteiger partial charge in [0.15, 0.2) is 11.4 Å². The third kappa shape index (κ3) is 1.53. The first-order chi connectivity index (χ1) is 11.2. The van der Waals surface area contributed by atoms with Crippen molar-refractivity contribution in [2.75, 3.05) is 0 Å². The van der Waals surface area contributed by atoms with E-state index in [0.717, 1.165) is 10.9 Å². The van der Waals surface area contributed by atoms with Crippen LogP contribution in [0.5, 0.6) is 11.6 Å². The van der Waals surface area contributed by atoms with Crippen molar-refractivity contribution in [1.82, 2.24) is 19.6 Å². The van der Waals surface area contributed by atoms with Crippen LogP contribution < -0.4 is 10.4 Å². The molecule has 1 aliphatic rings. The van der Waals surface area contributed by atoms with Gasteiger partial charge in [0.2, 0.25) is 5.88 Å². The average molecular weight is 306 g/mol. The number of aromatic nitrogens is 4. The molecule has 7 nitrogen and oxygen atoms in total. The molecule has 0 saturated heterocycles. The monoisotopic (exact) mass is 306 g/mol. The van der Waals surface area contributed by atoms with Crippen molar-refractivity contribution in [3.05, 3.63) is 58.5 Å². The number of hydrogen-bond donors (Lipinski definition) is 0. The maximum absolute atomic E-state index is 12.5. The predicted octanol–water partition coefficient (Wildman–Crippen LogP) is 2.49. The smallest absolute Gasteiger partial charge is 0.343 e. The molecule has 0 spiro atoms. The van der Waals surface area contributed by atoms with Crippen LogP contribution in [0.15, 0.2) is 46.1 Å². The summed E-state index contributed by atoms with van der Waals surface area (Å²) in [5.74, 6) is 0.699. The van der Waals surface area contributed by atoms with Gasteiger partial charge >= 0.3 is 5.63 Å². The number of ether oxygens (including phenoxy) is 1. The van der Waals surface area contributed by atoms with Crippen LogP contribution in [0.2, 0.25) is 0 Å². The summed E-state index contributed by atoms with van der Waals surface area (Å²) in [6, 6.07) is 7.30. The minimum Gasteiger partial charge on any atom is -0.437 e. The number of fused-ring (bicyclic) bond motifs is 6. The molecule has 7 heteroatoms. The molecule has 1 atom stereocenters. The van der Waals surface area contributed by atoms with Gasteiger partial charge in [-0.15, -0.1) is 0 Å². The van der Waals surface area contributed by atoms with Crippen molar-refractivity contribution in [3.63, 3.8) is 0 Å². The van der Waals surface area contributed by atoms with E-state index >= 15 is 0 Å². The fraction of sp³-hybridized carbons (Fsp3) is 0.125. The van der Waals surface area contributed by atoms with Crippen LogP contribution in [0.4, 0.5) is 0 Å². The summed E-state index contributed by atoms with van der Waals surface area (Å²) in [6.45, 7) is 1.92. The Labute approximate surface area is 129 Å². The number of nitrogens with zero attached hydrogens (tertiary/aromatic N) is 4. The molecule has 1 aromatic carbocycles. The van der Waals surface area contributed by atoms with Gasteiger partial charge in [0.1, 0.15) is 18.2 Å². The highest BCUT2D eigenvalue weighted by molar-refractivity contribution is 5.86. The Morgan fingerprint density at radius 1 is 1.17 bits per heavy atom. The summed E-state index contributed by atoms with van der Waals surface area (Å²) in [6.07, 6.45) is 2.99. The molecule has 0 unspecified atom stereocenters.